The van der Waals surface area contributed by atoms with Crippen LogP contribution in [0.15, 0.2) is 6.33 Å². The number of hydrogen-bond donors (Lipinski definition) is 4. The molecule has 0 aliphatic carbocycles. The van der Waals surface area contributed by atoms with Gasteiger partial charge in [-0.05, 0) is 0 Å². The highest BCUT2D eigenvalue weighted by Gasteiger charge is 2.14. The van der Waals surface area contributed by atoms with Crippen LogP contribution in [-0.2, 0) is 4.79 Å². The van der Waals surface area contributed by atoms with Gasteiger partial charge in [-0.15, -0.1) is 0 Å². The minimum Gasteiger partial charge on any atom is -0.363 e. The largest absolute Gasteiger partial charge is 0.363 e. The van der Waals surface area contributed by atoms with E-state index < -0.39 is 11.8 Å². The number of nitrogens with one attached hydrogen (secondary N) is 2. The van der Waals surface area contributed by atoms with Crippen molar-refractivity contribution >= 4 is 28.8 Å². The lowest BCUT2D eigenvalue weighted by atomic mass is 10.4. The number of carbonyl (C=O) groups excluding carboxylic acids is 2. The summed E-state index contributed by atoms with van der Waals surface area (Å²) in [5.41, 5.74) is 10.9. The molecule has 0 aromatic carbocycles. The molecule has 0 bridgehead atoms. The number of nitrogens with two attached hydrogens (primary N) is 2. The van der Waals surface area contributed by atoms with Crippen molar-refractivity contribution in [2.75, 3.05) is 11.9 Å². The van der Waals surface area contributed by atoms with Crippen molar-refractivity contribution in [3.05, 3.63) is 12.2 Å². The lowest BCUT2D eigenvalue weighted by molar-refractivity contribution is -0.114. The van der Waals surface area contributed by atoms with Gasteiger partial charge >= 0.3 is 0 Å². The normalized spacial score (nSPS) is 10.4. The minimum atomic E-state index is -0.807. The van der Waals surface area contributed by atoms with Crippen LogP contribution in [0.3, 0.4) is 0 Å². The Bertz CT molecular complexity index is 591. The van der Waals surface area contributed by atoms with E-state index in [-0.39, 0.29) is 23.8 Å². The van der Waals surface area contributed by atoms with Gasteiger partial charge in [0.2, 0.25) is 11.7 Å². The third-order valence-electron chi connectivity index (χ3n) is 1.95. The molecule has 2 aromatic rings. The average Bonchev–Trinajstić information content (AvgIpc) is 2.76. The molecule has 6 N–H and O–H groups in total. The van der Waals surface area contributed by atoms with Gasteiger partial charge in [-0.1, -0.05) is 0 Å². The van der Waals surface area contributed by atoms with Gasteiger partial charge in [-0.3, -0.25) is 9.59 Å². The molecular weight excluding hydrogens is 226 g/mol. The monoisotopic (exact) mass is 235 g/mol. The van der Waals surface area contributed by atoms with Crippen LogP contribution >= 0.6 is 0 Å². The molecule has 0 aliphatic rings. The summed E-state index contributed by atoms with van der Waals surface area (Å²) in [6.07, 6.45) is 1.36. The number of nitrogens with zero attached hydrogens (tertiary/aromatic N) is 3. The number of carbonyl (C=O) groups is 2. The number of fused-ring (bicyclic) bond motifs is 1. The number of aromatic amines is 1. The molecule has 9 heteroatoms. The van der Waals surface area contributed by atoms with Crippen LogP contribution in [0, 0.1) is 0 Å². The zero-order chi connectivity index (χ0) is 12.4. The first-order valence-electron chi connectivity index (χ1n) is 4.62. The summed E-state index contributed by atoms with van der Waals surface area (Å²) in [7, 11) is 0. The van der Waals surface area contributed by atoms with Gasteiger partial charge < -0.3 is 21.8 Å². The van der Waals surface area contributed by atoms with E-state index in [9.17, 15) is 9.59 Å². The summed E-state index contributed by atoms with van der Waals surface area (Å²) in [5.74, 6) is -1.36. The molecule has 0 unspecified atom stereocenters. The molecule has 0 radical (unpaired) electrons. The third-order valence-corrected chi connectivity index (χ3v) is 1.95. The quantitative estimate of drug-likeness (QED) is 0.500. The maximum Gasteiger partial charge on any atom is 0.286 e. The summed E-state index contributed by atoms with van der Waals surface area (Å²) in [6.45, 7) is -0.203. The fourth-order valence-corrected chi connectivity index (χ4v) is 1.22. The highest BCUT2D eigenvalue weighted by Crippen LogP contribution is 2.15. The van der Waals surface area contributed by atoms with Gasteiger partial charge in [0.25, 0.3) is 5.91 Å². The van der Waals surface area contributed by atoms with Crippen LogP contribution in [0.4, 0.5) is 5.82 Å². The predicted molar refractivity (Wildman–Crippen MR) is 57.9 cm³/mol. The molecule has 0 saturated carbocycles. The summed E-state index contributed by atoms with van der Waals surface area (Å²) in [4.78, 5) is 36.4. The van der Waals surface area contributed by atoms with Crippen molar-refractivity contribution in [2.45, 2.75) is 0 Å². The molecular formula is C8H9N7O2. The number of primary amides is 1. The molecule has 0 atom stereocenters. The molecule has 2 heterocycles. The van der Waals surface area contributed by atoms with E-state index in [0.29, 0.717) is 5.52 Å². The zero-order valence-corrected chi connectivity index (χ0v) is 8.60. The van der Waals surface area contributed by atoms with Crippen LogP contribution in [0.1, 0.15) is 10.6 Å². The molecule has 2 aromatic heterocycles. The molecule has 0 fully saturated rings. The first kappa shape index (κ1) is 11.0. The zero-order valence-electron chi connectivity index (χ0n) is 8.60. The Labute approximate surface area is 94.6 Å². The van der Waals surface area contributed by atoms with Gasteiger partial charge in [-0.2, -0.15) is 0 Å². The second-order valence-corrected chi connectivity index (χ2v) is 3.11. The van der Waals surface area contributed by atoms with Gasteiger partial charge in [0.1, 0.15) is 5.52 Å². The lowest BCUT2D eigenvalue weighted by Gasteiger charge is -2.04. The Morgan fingerprint density at radius 1 is 1.41 bits per heavy atom. The van der Waals surface area contributed by atoms with Crippen LogP contribution in [0.25, 0.3) is 11.2 Å². The van der Waals surface area contributed by atoms with E-state index in [0.717, 1.165) is 0 Å². The van der Waals surface area contributed by atoms with Crippen molar-refractivity contribution in [1.82, 2.24) is 19.9 Å². The number of H-pyrrole nitrogens is 1. The maximum absolute atomic E-state index is 11.2. The third kappa shape index (κ3) is 2.03. The van der Waals surface area contributed by atoms with E-state index in [4.69, 9.17) is 11.5 Å². The van der Waals surface area contributed by atoms with E-state index in [1.165, 1.54) is 6.33 Å². The van der Waals surface area contributed by atoms with E-state index in [2.05, 4.69) is 25.3 Å². The Balaban J connectivity index is 2.54. The SMILES string of the molecule is NCC(=O)Nc1nc(C(N)=O)nc2nc[nH]c12. The summed E-state index contributed by atoms with van der Waals surface area (Å²) in [5, 5.41) is 2.42. The summed E-state index contributed by atoms with van der Waals surface area (Å²) < 4.78 is 0. The Morgan fingerprint density at radius 3 is 2.82 bits per heavy atom. The number of hydrogen-bond acceptors (Lipinski definition) is 6. The molecule has 0 aliphatic heterocycles. The second-order valence-electron chi connectivity index (χ2n) is 3.11. The maximum atomic E-state index is 11.2. The molecule has 9 nitrogen and oxygen atoms in total. The minimum absolute atomic E-state index is 0.122. The van der Waals surface area contributed by atoms with Crippen LogP contribution in [0.5, 0.6) is 0 Å². The van der Waals surface area contributed by atoms with Crippen molar-refractivity contribution in [3.63, 3.8) is 0 Å². The fourth-order valence-electron chi connectivity index (χ4n) is 1.22. The van der Waals surface area contributed by atoms with Crippen LogP contribution < -0.4 is 16.8 Å². The lowest BCUT2D eigenvalue weighted by Crippen LogP contribution is -2.24. The van der Waals surface area contributed by atoms with Gasteiger partial charge in [-0.25, -0.2) is 15.0 Å². The van der Waals surface area contributed by atoms with Crippen molar-refractivity contribution in [2.24, 2.45) is 11.5 Å². The first-order chi connectivity index (χ1) is 8.11. The van der Waals surface area contributed by atoms with Crippen LogP contribution in [-0.4, -0.2) is 38.3 Å². The van der Waals surface area contributed by atoms with Crippen molar-refractivity contribution in [3.8, 4) is 0 Å². The van der Waals surface area contributed by atoms with Gasteiger partial charge in [0, 0.05) is 0 Å². The molecule has 2 amide bonds. The number of rotatable bonds is 3. The van der Waals surface area contributed by atoms with E-state index in [1.807, 2.05) is 0 Å². The Hall–Kier alpha value is -2.55. The van der Waals surface area contributed by atoms with E-state index in [1.54, 1.807) is 0 Å². The smallest absolute Gasteiger partial charge is 0.286 e. The molecule has 0 spiro atoms. The number of amides is 2. The Kier molecular flexibility index (Phi) is 2.66. The van der Waals surface area contributed by atoms with Crippen molar-refractivity contribution in [1.29, 1.82) is 0 Å². The van der Waals surface area contributed by atoms with Gasteiger partial charge in [0.15, 0.2) is 11.5 Å². The molecule has 88 valence electrons. The molecule has 17 heavy (non-hydrogen) atoms. The Morgan fingerprint density at radius 2 is 2.18 bits per heavy atom. The molecule has 0 saturated heterocycles. The second kappa shape index (κ2) is 4.14. The standard InChI is InChI=1S/C8H9N7O2/c9-1-3(16)13-7-4-6(12-2-11-4)14-8(15-7)5(10)17/h2H,1,9H2,(H2,10,17)(H2,11,12,13,14,15,16). The highest BCUT2D eigenvalue weighted by molar-refractivity contribution is 5.99. The molecule has 2 rings (SSSR count). The van der Waals surface area contributed by atoms with E-state index >= 15 is 0 Å². The predicted octanol–water partition coefficient (Wildman–Crippen LogP) is -1.65. The first-order valence-corrected chi connectivity index (χ1v) is 4.62. The summed E-state index contributed by atoms with van der Waals surface area (Å²) in [6, 6.07) is 0. The average molecular weight is 235 g/mol. The van der Waals surface area contributed by atoms with Crippen LogP contribution in [0.2, 0.25) is 0 Å². The highest BCUT2D eigenvalue weighted by atomic mass is 16.2. The van der Waals surface area contributed by atoms with Gasteiger partial charge in [0.05, 0.1) is 12.9 Å². The van der Waals surface area contributed by atoms with Crippen molar-refractivity contribution < 1.29 is 9.59 Å². The topological polar surface area (TPSA) is 153 Å². The number of imidazole rings is 1. The summed E-state index contributed by atoms with van der Waals surface area (Å²) >= 11 is 0. The number of aromatic nitrogens is 4. The number of anilines is 1. The fraction of sp³-hybridized carbons (Fsp3) is 0.125.